The van der Waals surface area contributed by atoms with Gasteiger partial charge in [-0.1, -0.05) is 18.2 Å². The summed E-state index contributed by atoms with van der Waals surface area (Å²) < 4.78 is 5.61. The van der Waals surface area contributed by atoms with Crippen LogP contribution in [0.25, 0.3) is 0 Å². The minimum absolute atomic E-state index is 0.0254. The van der Waals surface area contributed by atoms with Crippen LogP contribution in [0.2, 0.25) is 0 Å². The first kappa shape index (κ1) is 11.7. The first-order valence-corrected chi connectivity index (χ1v) is 6.21. The van der Waals surface area contributed by atoms with E-state index >= 15 is 0 Å². The van der Waals surface area contributed by atoms with Gasteiger partial charge in [-0.05, 0) is 30.7 Å². The Morgan fingerprint density at radius 1 is 1.26 bits per heavy atom. The second kappa shape index (κ2) is 4.72. The Morgan fingerprint density at radius 2 is 2.11 bits per heavy atom. The van der Waals surface area contributed by atoms with Crippen molar-refractivity contribution in [3.63, 3.8) is 0 Å². The van der Waals surface area contributed by atoms with E-state index in [-0.39, 0.29) is 5.91 Å². The van der Waals surface area contributed by atoms with Crippen LogP contribution >= 0.6 is 0 Å². The van der Waals surface area contributed by atoms with Crippen molar-refractivity contribution in [2.24, 2.45) is 0 Å². The molecule has 96 valence electrons. The van der Waals surface area contributed by atoms with Crippen LogP contribution in [0.5, 0.6) is 5.75 Å². The van der Waals surface area contributed by atoms with E-state index in [0.29, 0.717) is 6.54 Å². The molecule has 0 radical (unpaired) electrons. The summed E-state index contributed by atoms with van der Waals surface area (Å²) >= 11 is 0. The number of para-hydroxylation sites is 2. The predicted octanol–water partition coefficient (Wildman–Crippen LogP) is 2.40. The van der Waals surface area contributed by atoms with Gasteiger partial charge in [0.1, 0.15) is 5.75 Å². The molecule has 0 fully saturated rings. The molecular formula is C15H14N2O2. The molecule has 0 aliphatic carbocycles. The number of hydrogen-bond donors (Lipinski definition) is 0. The molecule has 1 aliphatic rings. The maximum absolute atomic E-state index is 12.3. The molecule has 0 bridgehead atoms. The Morgan fingerprint density at radius 3 is 2.89 bits per heavy atom. The maximum atomic E-state index is 12.3. The van der Waals surface area contributed by atoms with Gasteiger partial charge in [0.2, 0.25) is 0 Å². The van der Waals surface area contributed by atoms with Crippen molar-refractivity contribution in [1.29, 1.82) is 0 Å². The van der Waals surface area contributed by atoms with Gasteiger partial charge in [-0.25, -0.2) is 0 Å². The molecule has 0 unspecified atom stereocenters. The summed E-state index contributed by atoms with van der Waals surface area (Å²) in [6.45, 7) is 2.28. The van der Waals surface area contributed by atoms with Crippen molar-refractivity contribution in [1.82, 2.24) is 4.98 Å². The van der Waals surface area contributed by atoms with E-state index in [1.807, 2.05) is 36.4 Å². The molecule has 0 saturated carbocycles. The van der Waals surface area contributed by atoms with Crippen molar-refractivity contribution in [3.05, 3.63) is 54.4 Å². The number of benzene rings is 1. The Kier molecular flexibility index (Phi) is 2.91. The van der Waals surface area contributed by atoms with E-state index in [4.69, 9.17) is 4.74 Å². The molecule has 3 rings (SSSR count). The van der Waals surface area contributed by atoms with E-state index in [0.717, 1.165) is 17.0 Å². The van der Waals surface area contributed by atoms with E-state index in [1.54, 1.807) is 24.2 Å². The molecule has 0 spiro atoms. The number of carbonyl (C=O) groups excluding carboxylic acids is 1. The van der Waals surface area contributed by atoms with Crippen molar-refractivity contribution in [2.75, 3.05) is 4.90 Å². The average molecular weight is 254 g/mol. The summed E-state index contributed by atoms with van der Waals surface area (Å²) in [5.41, 5.74) is 1.81. The topological polar surface area (TPSA) is 42.4 Å². The van der Waals surface area contributed by atoms with E-state index in [2.05, 4.69) is 4.98 Å². The molecule has 0 N–H and O–H groups in total. The fraction of sp³-hybridized carbons (Fsp3) is 0.200. The van der Waals surface area contributed by atoms with Gasteiger partial charge in [-0.15, -0.1) is 0 Å². The van der Waals surface area contributed by atoms with Gasteiger partial charge in [0.15, 0.2) is 6.10 Å². The SMILES string of the molecule is C[C@H]1Oc2ccccc2N(Cc2cccnc2)C1=O. The molecule has 0 saturated heterocycles. The van der Waals surface area contributed by atoms with Crippen LogP contribution in [-0.2, 0) is 11.3 Å². The molecule has 1 aromatic heterocycles. The van der Waals surface area contributed by atoms with Gasteiger partial charge in [0, 0.05) is 12.4 Å². The molecule has 4 heteroatoms. The number of aromatic nitrogens is 1. The lowest BCUT2D eigenvalue weighted by atomic mass is 10.1. The summed E-state index contributed by atoms with van der Waals surface area (Å²) in [6.07, 6.45) is 3.05. The summed E-state index contributed by atoms with van der Waals surface area (Å²) in [4.78, 5) is 18.1. The molecule has 1 amide bonds. The van der Waals surface area contributed by atoms with E-state index < -0.39 is 6.10 Å². The minimum atomic E-state index is -0.452. The predicted molar refractivity (Wildman–Crippen MR) is 72.0 cm³/mol. The summed E-state index contributed by atoms with van der Waals surface area (Å²) in [5, 5.41) is 0. The van der Waals surface area contributed by atoms with Crippen LogP contribution in [0.3, 0.4) is 0 Å². The molecular weight excluding hydrogens is 240 g/mol. The highest BCUT2D eigenvalue weighted by atomic mass is 16.5. The van der Waals surface area contributed by atoms with Gasteiger partial charge >= 0.3 is 0 Å². The smallest absolute Gasteiger partial charge is 0.268 e. The Labute approximate surface area is 111 Å². The van der Waals surface area contributed by atoms with E-state index in [9.17, 15) is 4.79 Å². The highest BCUT2D eigenvalue weighted by molar-refractivity contribution is 5.99. The van der Waals surface area contributed by atoms with Crippen molar-refractivity contribution >= 4 is 11.6 Å². The highest BCUT2D eigenvalue weighted by Gasteiger charge is 2.31. The molecule has 1 atom stereocenters. The Balaban J connectivity index is 1.97. The zero-order chi connectivity index (χ0) is 13.2. The first-order valence-electron chi connectivity index (χ1n) is 6.21. The van der Waals surface area contributed by atoms with Gasteiger partial charge in [0.25, 0.3) is 5.91 Å². The molecule has 1 aliphatic heterocycles. The third-order valence-corrected chi connectivity index (χ3v) is 3.14. The lowest BCUT2D eigenvalue weighted by Crippen LogP contribution is -2.43. The third-order valence-electron chi connectivity index (χ3n) is 3.14. The van der Waals surface area contributed by atoms with Crippen molar-refractivity contribution < 1.29 is 9.53 Å². The van der Waals surface area contributed by atoms with Crippen LogP contribution < -0.4 is 9.64 Å². The van der Waals surface area contributed by atoms with Crippen LogP contribution in [0.15, 0.2) is 48.8 Å². The molecule has 19 heavy (non-hydrogen) atoms. The number of carbonyl (C=O) groups is 1. The quantitative estimate of drug-likeness (QED) is 0.826. The zero-order valence-electron chi connectivity index (χ0n) is 10.6. The second-order valence-corrected chi connectivity index (χ2v) is 4.51. The molecule has 2 heterocycles. The zero-order valence-corrected chi connectivity index (χ0v) is 10.6. The van der Waals surface area contributed by atoms with Crippen molar-refractivity contribution in [2.45, 2.75) is 19.6 Å². The van der Waals surface area contributed by atoms with E-state index in [1.165, 1.54) is 0 Å². The number of amides is 1. The number of hydrogen-bond acceptors (Lipinski definition) is 3. The maximum Gasteiger partial charge on any atom is 0.268 e. The van der Waals surface area contributed by atoms with Gasteiger partial charge < -0.3 is 9.64 Å². The van der Waals surface area contributed by atoms with Crippen LogP contribution in [-0.4, -0.2) is 17.0 Å². The first-order chi connectivity index (χ1) is 9.25. The lowest BCUT2D eigenvalue weighted by molar-refractivity contribution is -0.125. The summed E-state index contributed by atoms with van der Waals surface area (Å²) in [7, 11) is 0. The highest BCUT2D eigenvalue weighted by Crippen LogP contribution is 2.34. The fourth-order valence-electron chi connectivity index (χ4n) is 2.20. The van der Waals surface area contributed by atoms with Gasteiger partial charge in [-0.2, -0.15) is 0 Å². The van der Waals surface area contributed by atoms with Gasteiger partial charge in [0.05, 0.1) is 12.2 Å². The fourth-order valence-corrected chi connectivity index (χ4v) is 2.20. The number of fused-ring (bicyclic) bond motifs is 1. The normalized spacial score (nSPS) is 17.8. The standard InChI is InChI=1S/C15H14N2O2/c1-11-15(18)17(10-12-5-4-8-16-9-12)13-6-2-3-7-14(13)19-11/h2-9,11H,10H2,1H3/t11-/m1/s1. The third kappa shape index (κ3) is 2.17. The summed E-state index contributed by atoms with van der Waals surface area (Å²) in [6, 6.07) is 11.4. The van der Waals surface area contributed by atoms with Crippen LogP contribution in [0.4, 0.5) is 5.69 Å². The average Bonchev–Trinajstić information content (AvgIpc) is 2.45. The number of ether oxygens (including phenoxy) is 1. The number of nitrogens with zero attached hydrogens (tertiary/aromatic N) is 2. The Hall–Kier alpha value is -2.36. The Bertz CT molecular complexity index is 598. The van der Waals surface area contributed by atoms with Gasteiger partial charge in [-0.3, -0.25) is 9.78 Å². The monoisotopic (exact) mass is 254 g/mol. The lowest BCUT2D eigenvalue weighted by Gasteiger charge is -2.32. The van der Waals surface area contributed by atoms with Crippen LogP contribution in [0.1, 0.15) is 12.5 Å². The van der Waals surface area contributed by atoms with Crippen molar-refractivity contribution in [3.8, 4) is 5.75 Å². The molecule has 1 aromatic carbocycles. The second-order valence-electron chi connectivity index (χ2n) is 4.51. The number of anilines is 1. The largest absolute Gasteiger partial charge is 0.479 e. The number of rotatable bonds is 2. The summed E-state index contributed by atoms with van der Waals surface area (Å²) in [5.74, 6) is 0.723. The number of pyridine rings is 1. The molecule has 2 aromatic rings. The molecule has 4 nitrogen and oxygen atoms in total. The minimum Gasteiger partial charge on any atom is -0.479 e. The van der Waals surface area contributed by atoms with Crippen LogP contribution in [0, 0.1) is 0 Å².